The lowest BCUT2D eigenvalue weighted by molar-refractivity contribution is -0.151. The van der Waals surface area contributed by atoms with E-state index in [0.717, 1.165) is 12.8 Å². The van der Waals surface area contributed by atoms with Gasteiger partial charge in [-0.3, -0.25) is 9.59 Å². The van der Waals surface area contributed by atoms with Crippen LogP contribution in [0.5, 0.6) is 0 Å². The minimum Gasteiger partial charge on any atom is -0.481 e. The van der Waals surface area contributed by atoms with E-state index in [1.165, 1.54) is 0 Å². The molecule has 0 aromatic rings. The lowest BCUT2D eigenvalue weighted by Crippen LogP contribution is -2.36. The average Bonchev–Trinajstić information content (AvgIpc) is 2.80. The lowest BCUT2D eigenvalue weighted by Gasteiger charge is -2.24. The second kappa shape index (κ2) is 4.53. The second-order valence-corrected chi connectivity index (χ2v) is 6.23. The maximum absolute atomic E-state index is 12.1. The Morgan fingerprint density at radius 3 is 2.50 bits per heavy atom. The van der Waals surface area contributed by atoms with Crippen molar-refractivity contribution in [3.63, 3.8) is 0 Å². The molecule has 3 unspecified atom stereocenters. The number of nitrogens with zero attached hydrogens (tertiary/aromatic N) is 1. The molecule has 1 aliphatic heterocycles. The highest BCUT2D eigenvalue weighted by Crippen LogP contribution is 2.38. The number of carboxylic acid groups (broad SMARTS) is 1. The molecule has 0 spiro atoms. The first-order valence-electron chi connectivity index (χ1n) is 6.50. The second-order valence-electron chi connectivity index (χ2n) is 6.23. The molecule has 5 heteroatoms. The van der Waals surface area contributed by atoms with Gasteiger partial charge in [0.1, 0.15) is 0 Å². The van der Waals surface area contributed by atoms with Gasteiger partial charge in [0.2, 0.25) is 5.91 Å². The van der Waals surface area contributed by atoms with E-state index in [2.05, 4.69) is 0 Å². The molecule has 2 N–H and O–H groups in total. The van der Waals surface area contributed by atoms with Crippen molar-refractivity contribution in [1.82, 2.24) is 4.90 Å². The number of likely N-dealkylation sites (tertiary alicyclic amines) is 1. The van der Waals surface area contributed by atoms with Gasteiger partial charge in [-0.25, -0.2) is 0 Å². The third-order valence-electron chi connectivity index (χ3n) is 4.34. The smallest absolute Gasteiger partial charge is 0.309 e. The molecule has 1 heterocycles. The Bertz CT molecular complexity index is 366. The predicted molar refractivity (Wildman–Crippen MR) is 64.8 cm³/mol. The molecule has 1 aliphatic carbocycles. The van der Waals surface area contributed by atoms with Crippen molar-refractivity contribution >= 4 is 11.9 Å². The van der Waals surface area contributed by atoms with E-state index in [0.29, 0.717) is 19.0 Å². The van der Waals surface area contributed by atoms with Gasteiger partial charge in [-0.2, -0.15) is 0 Å². The molecule has 3 atom stereocenters. The number of hydrogen-bond acceptors (Lipinski definition) is 3. The number of fused-ring (bicyclic) bond motifs is 1. The largest absolute Gasteiger partial charge is 0.481 e. The highest BCUT2D eigenvalue weighted by atomic mass is 16.4. The van der Waals surface area contributed by atoms with E-state index in [1.807, 2.05) is 0 Å². The minimum atomic E-state index is -1.02. The van der Waals surface area contributed by atoms with Crippen LogP contribution in [0.1, 0.15) is 33.1 Å². The van der Waals surface area contributed by atoms with Crippen LogP contribution in [0, 0.1) is 17.3 Å². The molecular weight excluding hydrogens is 234 g/mol. The van der Waals surface area contributed by atoms with Gasteiger partial charge in [-0.1, -0.05) is 0 Å². The molecule has 1 saturated heterocycles. The maximum atomic E-state index is 12.1. The van der Waals surface area contributed by atoms with Crippen LogP contribution in [-0.4, -0.2) is 46.2 Å². The molecular formula is C13H21NO4. The lowest BCUT2D eigenvalue weighted by atomic mass is 9.89. The van der Waals surface area contributed by atoms with Crippen LogP contribution in [0.4, 0.5) is 0 Å². The predicted octanol–water partition coefficient (Wildman–Crippen LogP) is 0.717. The first-order chi connectivity index (χ1) is 8.31. The van der Waals surface area contributed by atoms with Crippen LogP contribution in [0.15, 0.2) is 0 Å². The summed E-state index contributed by atoms with van der Waals surface area (Å²) in [6, 6.07) is 0. The monoisotopic (exact) mass is 255 g/mol. The third kappa shape index (κ3) is 2.36. The fraction of sp³-hybridized carbons (Fsp3) is 0.846. The fourth-order valence-electron chi connectivity index (χ4n) is 3.01. The Kier molecular flexibility index (Phi) is 3.36. The minimum absolute atomic E-state index is 0.0257. The number of hydrogen-bond donors (Lipinski definition) is 2. The van der Waals surface area contributed by atoms with E-state index in [4.69, 9.17) is 5.11 Å². The molecule has 18 heavy (non-hydrogen) atoms. The van der Waals surface area contributed by atoms with Crippen molar-refractivity contribution in [2.24, 2.45) is 17.3 Å². The SMILES string of the molecule is CC(C)(CC(=O)N1CC2CCC(O)C2C1)C(=O)O. The van der Waals surface area contributed by atoms with Crippen LogP contribution >= 0.6 is 0 Å². The fourth-order valence-corrected chi connectivity index (χ4v) is 3.01. The molecule has 5 nitrogen and oxygen atoms in total. The summed E-state index contributed by atoms with van der Waals surface area (Å²) >= 11 is 0. The Labute approximate surface area is 107 Å². The van der Waals surface area contributed by atoms with Crippen LogP contribution < -0.4 is 0 Å². The number of carboxylic acids is 1. The topological polar surface area (TPSA) is 77.8 Å². The number of aliphatic hydroxyl groups is 1. The Hall–Kier alpha value is -1.10. The van der Waals surface area contributed by atoms with Crippen molar-refractivity contribution in [3.05, 3.63) is 0 Å². The standard InChI is InChI=1S/C13H21NO4/c1-13(2,12(17)18)5-11(16)14-6-8-3-4-10(15)9(8)7-14/h8-10,15H,3-7H2,1-2H3,(H,17,18). The first kappa shape index (κ1) is 13.3. The van der Waals surface area contributed by atoms with Gasteiger partial charge in [0.15, 0.2) is 0 Å². The number of rotatable bonds is 3. The molecule has 2 aliphatic rings. The number of aliphatic carboxylic acids is 1. The number of carbonyl (C=O) groups excluding carboxylic acids is 1. The van der Waals surface area contributed by atoms with E-state index < -0.39 is 11.4 Å². The first-order valence-corrected chi connectivity index (χ1v) is 6.50. The van der Waals surface area contributed by atoms with Crippen LogP contribution in [0.3, 0.4) is 0 Å². The molecule has 0 radical (unpaired) electrons. The average molecular weight is 255 g/mol. The molecule has 0 aromatic heterocycles. The van der Waals surface area contributed by atoms with Gasteiger partial charge >= 0.3 is 5.97 Å². The van der Waals surface area contributed by atoms with E-state index in [1.54, 1.807) is 18.7 Å². The summed E-state index contributed by atoms with van der Waals surface area (Å²) in [5.41, 5.74) is -1.02. The van der Waals surface area contributed by atoms with Crippen molar-refractivity contribution in [2.45, 2.75) is 39.2 Å². The summed E-state index contributed by atoms with van der Waals surface area (Å²) in [6.07, 6.45) is 1.54. The zero-order valence-corrected chi connectivity index (χ0v) is 10.9. The Balaban J connectivity index is 1.94. The Morgan fingerprint density at radius 1 is 1.28 bits per heavy atom. The summed E-state index contributed by atoms with van der Waals surface area (Å²) in [5, 5.41) is 18.8. The van der Waals surface area contributed by atoms with Crippen molar-refractivity contribution < 1.29 is 19.8 Å². The molecule has 1 saturated carbocycles. The summed E-state index contributed by atoms with van der Waals surface area (Å²) in [7, 11) is 0. The summed E-state index contributed by atoms with van der Waals surface area (Å²) < 4.78 is 0. The van der Waals surface area contributed by atoms with Gasteiger partial charge in [0, 0.05) is 25.4 Å². The van der Waals surface area contributed by atoms with Crippen LogP contribution in [0.25, 0.3) is 0 Å². The quantitative estimate of drug-likeness (QED) is 0.779. The molecule has 102 valence electrons. The molecule has 1 amide bonds. The molecule has 2 fully saturated rings. The van der Waals surface area contributed by atoms with E-state index in [-0.39, 0.29) is 24.3 Å². The van der Waals surface area contributed by atoms with E-state index >= 15 is 0 Å². The zero-order valence-electron chi connectivity index (χ0n) is 10.9. The highest BCUT2D eigenvalue weighted by molar-refractivity contribution is 5.84. The molecule has 2 rings (SSSR count). The summed E-state index contributed by atoms with van der Waals surface area (Å²) in [4.78, 5) is 24.8. The maximum Gasteiger partial charge on any atom is 0.309 e. The number of carbonyl (C=O) groups is 2. The number of amides is 1. The molecule has 0 bridgehead atoms. The Morgan fingerprint density at radius 2 is 1.94 bits per heavy atom. The van der Waals surface area contributed by atoms with Crippen molar-refractivity contribution in [1.29, 1.82) is 0 Å². The van der Waals surface area contributed by atoms with Gasteiger partial charge < -0.3 is 15.1 Å². The van der Waals surface area contributed by atoms with Gasteiger partial charge in [-0.05, 0) is 32.6 Å². The van der Waals surface area contributed by atoms with Gasteiger partial charge in [0.05, 0.1) is 11.5 Å². The normalized spacial score (nSPS) is 31.5. The third-order valence-corrected chi connectivity index (χ3v) is 4.34. The highest BCUT2D eigenvalue weighted by Gasteiger charge is 2.44. The van der Waals surface area contributed by atoms with Crippen LogP contribution in [-0.2, 0) is 9.59 Å². The molecule has 0 aromatic carbocycles. The summed E-state index contributed by atoms with van der Waals surface area (Å²) in [6.45, 7) is 4.40. The van der Waals surface area contributed by atoms with Crippen molar-refractivity contribution in [3.8, 4) is 0 Å². The van der Waals surface area contributed by atoms with Gasteiger partial charge in [-0.15, -0.1) is 0 Å². The van der Waals surface area contributed by atoms with Crippen molar-refractivity contribution in [2.75, 3.05) is 13.1 Å². The number of aliphatic hydroxyl groups excluding tert-OH is 1. The van der Waals surface area contributed by atoms with E-state index in [9.17, 15) is 14.7 Å². The van der Waals surface area contributed by atoms with Crippen LogP contribution in [0.2, 0.25) is 0 Å². The zero-order chi connectivity index (χ0) is 13.5. The summed E-state index contributed by atoms with van der Waals surface area (Å²) in [5.74, 6) is -0.460. The van der Waals surface area contributed by atoms with Gasteiger partial charge in [0.25, 0.3) is 0 Å².